The number of halogens is 1. The summed E-state index contributed by atoms with van der Waals surface area (Å²) in [6.45, 7) is 5.91. The van der Waals surface area contributed by atoms with Crippen LogP contribution in [-0.2, 0) is 9.53 Å². The molecule has 13 heavy (non-hydrogen) atoms. The lowest BCUT2D eigenvalue weighted by molar-refractivity contribution is -0.144. The fourth-order valence-corrected chi connectivity index (χ4v) is 1.75. The van der Waals surface area contributed by atoms with E-state index >= 15 is 0 Å². The fraction of sp³-hybridized carbons (Fsp3) is 0.667. The van der Waals surface area contributed by atoms with Crippen molar-refractivity contribution in [1.82, 2.24) is 4.90 Å². The van der Waals surface area contributed by atoms with Crippen molar-refractivity contribution in [3.05, 3.63) is 11.6 Å². The normalized spacial score (nSPS) is 23.1. The molecule has 74 valence electrons. The molecule has 1 fully saturated rings. The highest BCUT2D eigenvalue weighted by molar-refractivity contribution is 6.29. The van der Waals surface area contributed by atoms with Crippen LogP contribution < -0.4 is 0 Å². The lowest BCUT2D eigenvalue weighted by Crippen LogP contribution is -2.24. The van der Waals surface area contributed by atoms with Crippen LogP contribution in [0.2, 0.25) is 0 Å². The highest BCUT2D eigenvalue weighted by atomic mass is 35.5. The molecule has 0 aromatic heterocycles. The lowest BCUT2D eigenvalue weighted by atomic mass is 10.1. The van der Waals surface area contributed by atoms with Gasteiger partial charge in [-0.2, -0.15) is 0 Å². The minimum absolute atomic E-state index is 0.0148. The SMILES string of the molecule is C=C(Cl)CN1CCC(C(=O)OC)C1. The third kappa shape index (κ3) is 3.01. The third-order valence-electron chi connectivity index (χ3n) is 2.20. The van der Waals surface area contributed by atoms with Gasteiger partial charge in [0.25, 0.3) is 0 Å². The molecule has 1 heterocycles. The minimum Gasteiger partial charge on any atom is -0.469 e. The molecule has 0 N–H and O–H groups in total. The number of carbonyl (C=O) groups excluding carboxylic acids is 1. The number of hydrogen-bond acceptors (Lipinski definition) is 3. The van der Waals surface area contributed by atoms with E-state index in [-0.39, 0.29) is 11.9 Å². The Balaban J connectivity index is 2.36. The zero-order chi connectivity index (χ0) is 9.84. The molecule has 1 rings (SSSR count). The van der Waals surface area contributed by atoms with Crippen molar-refractivity contribution < 1.29 is 9.53 Å². The molecule has 0 aromatic rings. The van der Waals surface area contributed by atoms with Gasteiger partial charge in [-0.25, -0.2) is 0 Å². The first kappa shape index (κ1) is 10.5. The fourth-order valence-electron chi connectivity index (χ4n) is 1.58. The van der Waals surface area contributed by atoms with E-state index in [1.54, 1.807) is 0 Å². The molecule has 0 aromatic carbocycles. The number of carbonyl (C=O) groups is 1. The van der Waals surface area contributed by atoms with Crippen LogP contribution in [0.5, 0.6) is 0 Å². The number of nitrogens with zero attached hydrogens (tertiary/aromatic N) is 1. The molecule has 1 atom stereocenters. The molecular formula is C9H14ClNO2. The van der Waals surface area contributed by atoms with E-state index in [1.165, 1.54) is 7.11 Å². The van der Waals surface area contributed by atoms with Gasteiger partial charge in [-0.15, -0.1) is 0 Å². The van der Waals surface area contributed by atoms with Gasteiger partial charge in [-0.05, 0) is 13.0 Å². The largest absolute Gasteiger partial charge is 0.469 e. The average molecular weight is 204 g/mol. The molecule has 0 saturated carbocycles. The Morgan fingerprint density at radius 3 is 3.00 bits per heavy atom. The predicted molar refractivity (Wildman–Crippen MR) is 51.6 cm³/mol. The summed E-state index contributed by atoms with van der Waals surface area (Å²) in [5.41, 5.74) is 0. The summed E-state index contributed by atoms with van der Waals surface area (Å²) in [7, 11) is 1.42. The number of rotatable bonds is 3. The summed E-state index contributed by atoms with van der Waals surface area (Å²) in [6, 6.07) is 0. The summed E-state index contributed by atoms with van der Waals surface area (Å²) in [5, 5.41) is 0.616. The number of methoxy groups -OCH3 is 1. The van der Waals surface area contributed by atoms with Crippen molar-refractivity contribution in [3.8, 4) is 0 Å². The van der Waals surface area contributed by atoms with Crippen LogP contribution in [0.1, 0.15) is 6.42 Å². The van der Waals surface area contributed by atoms with E-state index in [1.807, 2.05) is 0 Å². The van der Waals surface area contributed by atoms with Crippen molar-refractivity contribution in [2.45, 2.75) is 6.42 Å². The van der Waals surface area contributed by atoms with E-state index in [9.17, 15) is 4.79 Å². The van der Waals surface area contributed by atoms with Gasteiger partial charge in [0.15, 0.2) is 0 Å². The molecule has 4 heteroatoms. The molecule has 1 unspecified atom stereocenters. The summed E-state index contributed by atoms with van der Waals surface area (Å²) in [5.74, 6) is -0.108. The smallest absolute Gasteiger partial charge is 0.310 e. The van der Waals surface area contributed by atoms with Crippen LogP contribution in [0.3, 0.4) is 0 Å². The minimum atomic E-state index is -0.123. The van der Waals surface area contributed by atoms with Crippen LogP contribution in [-0.4, -0.2) is 37.6 Å². The lowest BCUT2D eigenvalue weighted by Gasteiger charge is -2.13. The van der Waals surface area contributed by atoms with Crippen molar-refractivity contribution in [2.24, 2.45) is 5.92 Å². The zero-order valence-corrected chi connectivity index (χ0v) is 8.51. The second-order valence-corrected chi connectivity index (χ2v) is 3.80. The van der Waals surface area contributed by atoms with Crippen LogP contribution >= 0.6 is 11.6 Å². The highest BCUT2D eigenvalue weighted by Crippen LogP contribution is 2.18. The van der Waals surface area contributed by atoms with Crippen LogP contribution in [0, 0.1) is 5.92 Å². The number of ether oxygens (including phenoxy) is 1. The van der Waals surface area contributed by atoms with E-state index < -0.39 is 0 Å². The molecule has 1 aliphatic heterocycles. The van der Waals surface area contributed by atoms with E-state index in [0.717, 1.165) is 19.5 Å². The average Bonchev–Trinajstić information content (AvgIpc) is 2.50. The Hall–Kier alpha value is -0.540. The van der Waals surface area contributed by atoms with Gasteiger partial charge in [0.2, 0.25) is 0 Å². The van der Waals surface area contributed by atoms with Crippen molar-refractivity contribution in [3.63, 3.8) is 0 Å². The van der Waals surface area contributed by atoms with E-state index in [4.69, 9.17) is 11.6 Å². The van der Waals surface area contributed by atoms with Gasteiger partial charge in [0, 0.05) is 18.1 Å². The van der Waals surface area contributed by atoms with Crippen LogP contribution in [0.25, 0.3) is 0 Å². The van der Waals surface area contributed by atoms with E-state index in [2.05, 4.69) is 16.2 Å². The Morgan fingerprint density at radius 1 is 1.77 bits per heavy atom. The maximum atomic E-state index is 11.1. The highest BCUT2D eigenvalue weighted by Gasteiger charge is 2.28. The summed E-state index contributed by atoms with van der Waals surface area (Å²) >= 11 is 5.67. The van der Waals surface area contributed by atoms with Crippen LogP contribution in [0.15, 0.2) is 11.6 Å². The van der Waals surface area contributed by atoms with Gasteiger partial charge in [-0.1, -0.05) is 18.2 Å². The van der Waals surface area contributed by atoms with Crippen molar-refractivity contribution in [2.75, 3.05) is 26.7 Å². The third-order valence-corrected chi connectivity index (χ3v) is 2.32. The molecular weight excluding hydrogens is 190 g/mol. The summed E-state index contributed by atoms with van der Waals surface area (Å²) in [4.78, 5) is 13.2. The monoisotopic (exact) mass is 203 g/mol. The molecule has 0 amide bonds. The first-order valence-corrected chi connectivity index (χ1v) is 4.64. The first-order valence-electron chi connectivity index (χ1n) is 4.27. The Labute approximate surface area is 83.3 Å². The molecule has 1 aliphatic rings. The van der Waals surface area contributed by atoms with Gasteiger partial charge in [0.1, 0.15) is 0 Å². The summed E-state index contributed by atoms with van der Waals surface area (Å²) < 4.78 is 4.67. The zero-order valence-electron chi connectivity index (χ0n) is 7.75. The topological polar surface area (TPSA) is 29.5 Å². The quantitative estimate of drug-likeness (QED) is 0.647. The number of likely N-dealkylation sites (tertiary alicyclic amines) is 1. The maximum absolute atomic E-state index is 11.1. The standard InChI is InChI=1S/C9H14ClNO2/c1-7(10)5-11-4-3-8(6-11)9(12)13-2/h8H,1,3-6H2,2H3. The van der Waals surface area contributed by atoms with Gasteiger partial charge >= 0.3 is 5.97 Å². The van der Waals surface area contributed by atoms with Gasteiger partial charge < -0.3 is 4.74 Å². The maximum Gasteiger partial charge on any atom is 0.310 e. The summed E-state index contributed by atoms with van der Waals surface area (Å²) in [6.07, 6.45) is 0.858. The Morgan fingerprint density at radius 2 is 2.46 bits per heavy atom. The Kier molecular flexibility index (Phi) is 3.75. The predicted octanol–water partition coefficient (Wildman–Crippen LogP) is 1.23. The van der Waals surface area contributed by atoms with Crippen molar-refractivity contribution in [1.29, 1.82) is 0 Å². The molecule has 3 nitrogen and oxygen atoms in total. The molecule has 1 saturated heterocycles. The molecule has 0 radical (unpaired) electrons. The Bertz CT molecular complexity index is 218. The second-order valence-electron chi connectivity index (χ2n) is 3.26. The van der Waals surface area contributed by atoms with Crippen molar-refractivity contribution >= 4 is 17.6 Å². The molecule has 0 aliphatic carbocycles. The number of esters is 1. The van der Waals surface area contributed by atoms with Gasteiger partial charge in [0.05, 0.1) is 13.0 Å². The van der Waals surface area contributed by atoms with Gasteiger partial charge in [-0.3, -0.25) is 9.69 Å². The number of hydrogen-bond donors (Lipinski definition) is 0. The first-order chi connectivity index (χ1) is 6.13. The van der Waals surface area contributed by atoms with Crippen LogP contribution in [0.4, 0.5) is 0 Å². The van der Waals surface area contributed by atoms with E-state index in [0.29, 0.717) is 11.6 Å². The molecule has 0 spiro atoms. The molecule has 0 bridgehead atoms. The second kappa shape index (κ2) is 4.63.